The van der Waals surface area contributed by atoms with Gasteiger partial charge < -0.3 is 0 Å². The van der Waals surface area contributed by atoms with Crippen LogP contribution in [0, 0.1) is 0 Å². The van der Waals surface area contributed by atoms with Crippen molar-refractivity contribution in [3.63, 3.8) is 0 Å². The highest BCUT2D eigenvalue weighted by atomic mass is 15.1. The van der Waals surface area contributed by atoms with Crippen LogP contribution < -0.4 is 0 Å². The Morgan fingerprint density at radius 3 is 1.91 bits per heavy atom. The summed E-state index contributed by atoms with van der Waals surface area (Å²) in [7, 11) is 0. The van der Waals surface area contributed by atoms with E-state index in [0.717, 1.165) is 17.8 Å². The highest BCUT2D eigenvalue weighted by Gasteiger charge is 2.17. The summed E-state index contributed by atoms with van der Waals surface area (Å²) >= 11 is 0. The van der Waals surface area contributed by atoms with Crippen molar-refractivity contribution in [3.05, 3.63) is 59.7 Å². The van der Waals surface area contributed by atoms with Crippen molar-refractivity contribution >= 4 is 11.4 Å². The molecular weight excluding hydrogens is 280 g/mol. The minimum atomic E-state index is 0.124. The van der Waals surface area contributed by atoms with E-state index in [1.807, 2.05) is 24.3 Å². The van der Waals surface area contributed by atoms with Gasteiger partial charge in [0, 0.05) is 0 Å². The molecule has 0 aliphatic heterocycles. The van der Waals surface area contributed by atoms with Gasteiger partial charge in [0.1, 0.15) is 0 Å². The van der Waals surface area contributed by atoms with Gasteiger partial charge in [0.2, 0.25) is 0 Å². The first-order valence-electron chi connectivity index (χ1n) is 8.35. The van der Waals surface area contributed by atoms with E-state index in [1.165, 1.54) is 11.1 Å². The second kappa shape index (κ2) is 6.66. The fraction of sp³-hybridized carbons (Fsp3) is 0.429. The van der Waals surface area contributed by atoms with Gasteiger partial charge in [0.05, 0.1) is 11.4 Å². The third-order valence-corrected chi connectivity index (χ3v) is 4.53. The maximum atomic E-state index is 4.39. The Kier molecular flexibility index (Phi) is 5.03. The van der Waals surface area contributed by atoms with Crippen molar-refractivity contribution in [1.29, 1.82) is 0 Å². The summed E-state index contributed by atoms with van der Waals surface area (Å²) < 4.78 is 0. The largest absolute Gasteiger partial charge is 0.151 e. The molecular formula is C21H28N2. The monoisotopic (exact) mass is 308 g/mol. The number of hydrogen-bond acceptors (Lipinski definition) is 2. The molecule has 0 aliphatic carbocycles. The Bertz CT molecular complexity index is 674. The Balaban J connectivity index is 2.18. The summed E-state index contributed by atoms with van der Waals surface area (Å²) in [4.78, 5) is 0. The zero-order valence-electron chi connectivity index (χ0n) is 15.2. The van der Waals surface area contributed by atoms with E-state index in [9.17, 15) is 0 Å². The second-order valence-corrected chi connectivity index (χ2v) is 7.78. The molecule has 0 fully saturated rings. The summed E-state index contributed by atoms with van der Waals surface area (Å²) in [5.74, 6) is 0. The van der Waals surface area contributed by atoms with Crippen LogP contribution in [0.4, 0.5) is 11.4 Å². The van der Waals surface area contributed by atoms with Gasteiger partial charge >= 0.3 is 0 Å². The third-order valence-electron chi connectivity index (χ3n) is 4.53. The number of azo groups is 1. The molecule has 0 bridgehead atoms. The lowest BCUT2D eigenvalue weighted by atomic mass is 9.82. The molecule has 0 aliphatic rings. The van der Waals surface area contributed by atoms with Gasteiger partial charge in [-0.15, -0.1) is 0 Å². The van der Waals surface area contributed by atoms with E-state index < -0.39 is 0 Å². The Hall–Kier alpha value is -1.96. The Morgan fingerprint density at radius 1 is 0.739 bits per heavy atom. The molecule has 0 saturated carbocycles. The van der Waals surface area contributed by atoms with Crippen LogP contribution in [0.3, 0.4) is 0 Å². The highest BCUT2D eigenvalue weighted by Crippen LogP contribution is 2.29. The zero-order chi connectivity index (χ0) is 17.1. The first kappa shape index (κ1) is 17.4. The van der Waals surface area contributed by atoms with Gasteiger partial charge in [-0.3, -0.25) is 0 Å². The lowest BCUT2D eigenvalue weighted by Crippen LogP contribution is -2.14. The highest BCUT2D eigenvalue weighted by molar-refractivity contribution is 5.44. The average molecular weight is 308 g/mol. The van der Waals surface area contributed by atoms with E-state index in [-0.39, 0.29) is 10.8 Å². The van der Waals surface area contributed by atoms with Crippen LogP contribution in [-0.2, 0) is 10.8 Å². The van der Waals surface area contributed by atoms with E-state index >= 15 is 0 Å². The van der Waals surface area contributed by atoms with Crippen LogP contribution in [-0.4, -0.2) is 0 Å². The normalized spacial score (nSPS) is 12.8. The lowest BCUT2D eigenvalue weighted by Gasteiger charge is -2.23. The minimum absolute atomic E-state index is 0.124. The van der Waals surface area contributed by atoms with Crippen LogP contribution in [0.5, 0.6) is 0 Å². The van der Waals surface area contributed by atoms with Crippen molar-refractivity contribution in [1.82, 2.24) is 0 Å². The van der Waals surface area contributed by atoms with E-state index in [2.05, 4.69) is 76.0 Å². The first-order valence-corrected chi connectivity index (χ1v) is 8.35. The van der Waals surface area contributed by atoms with E-state index in [0.29, 0.717) is 0 Å². The molecule has 0 aromatic heterocycles. The van der Waals surface area contributed by atoms with E-state index in [4.69, 9.17) is 0 Å². The van der Waals surface area contributed by atoms with Gasteiger partial charge in [-0.25, -0.2) is 0 Å². The molecule has 0 saturated heterocycles. The molecule has 2 rings (SSSR count). The molecule has 0 atom stereocenters. The van der Waals surface area contributed by atoms with Crippen LogP contribution in [0.25, 0.3) is 0 Å². The first-order chi connectivity index (χ1) is 10.7. The molecule has 122 valence electrons. The Labute approximate surface area is 140 Å². The summed E-state index contributed by atoms with van der Waals surface area (Å²) in [6, 6.07) is 16.7. The molecule has 0 spiro atoms. The fourth-order valence-corrected chi connectivity index (χ4v) is 2.33. The number of rotatable bonds is 4. The predicted molar refractivity (Wildman–Crippen MR) is 99.1 cm³/mol. The molecule has 0 N–H and O–H groups in total. The van der Waals surface area contributed by atoms with Crippen LogP contribution >= 0.6 is 0 Å². The molecule has 0 amide bonds. The zero-order valence-corrected chi connectivity index (χ0v) is 15.2. The smallest absolute Gasteiger partial charge is 0.0860 e. The van der Waals surface area contributed by atoms with Crippen molar-refractivity contribution in [2.75, 3.05) is 0 Å². The molecule has 0 radical (unpaired) electrons. The molecule has 0 unspecified atom stereocenters. The van der Waals surface area contributed by atoms with Crippen LogP contribution in [0.1, 0.15) is 59.1 Å². The summed E-state index contributed by atoms with van der Waals surface area (Å²) in [5.41, 5.74) is 4.73. The third kappa shape index (κ3) is 4.51. The van der Waals surface area contributed by atoms with Crippen molar-refractivity contribution in [3.8, 4) is 0 Å². The standard InChI is InChI=1S/C21H28N2/c1-7-21(5,6)16-11-13-18(14-12-16)22-23-19-10-8-9-17(15-19)20(2,3)4/h8-15H,7H2,1-6H3. The molecule has 23 heavy (non-hydrogen) atoms. The topological polar surface area (TPSA) is 24.7 Å². The maximum Gasteiger partial charge on any atom is 0.0860 e. The van der Waals surface area contributed by atoms with Crippen molar-refractivity contribution in [2.24, 2.45) is 10.2 Å². The second-order valence-electron chi connectivity index (χ2n) is 7.78. The van der Waals surface area contributed by atoms with Crippen molar-refractivity contribution < 1.29 is 0 Å². The quantitative estimate of drug-likeness (QED) is 0.539. The van der Waals surface area contributed by atoms with Gasteiger partial charge in [-0.2, -0.15) is 10.2 Å². The van der Waals surface area contributed by atoms with Gasteiger partial charge in [0.25, 0.3) is 0 Å². The van der Waals surface area contributed by atoms with Crippen molar-refractivity contribution in [2.45, 2.75) is 58.8 Å². The predicted octanol–water partition coefficient (Wildman–Crippen LogP) is 7.09. The van der Waals surface area contributed by atoms with Gasteiger partial charge in [-0.05, 0) is 52.6 Å². The maximum absolute atomic E-state index is 4.39. The van der Waals surface area contributed by atoms with E-state index in [1.54, 1.807) is 0 Å². The molecule has 2 heteroatoms. The SMILES string of the molecule is CCC(C)(C)c1ccc(N=Nc2cccc(C(C)(C)C)c2)cc1. The van der Waals surface area contributed by atoms with Crippen LogP contribution in [0.15, 0.2) is 58.8 Å². The summed E-state index contributed by atoms with van der Waals surface area (Å²) in [5, 5.41) is 8.76. The molecule has 2 aromatic rings. The number of hydrogen-bond donors (Lipinski definition) is 0. The Morgan fingerprint density at radius 2 is 1.35 bits per heavy atom. The van der Waals surface area contributed by atoms with Crippen LogP contribution in [0.2, 0.25) is 0 Å². The minimum Gasteiger partial charge on any atom is -0.151 e. The molecule has 0 heterocycles. The average Bonchev–Trinajstić information content (AvgIpc) is 2.53. The number of benzene rings is 2. The molecule has 2 aromatic carbocycles. The molecule has 2 nitrogen and oxygen atoms in total. The summed E-state index contributed by atoms with van der Waals surface area (Å²) in [6.45, 7) is 13.4. The number of nitrogens with zero attached hydrogens (tertiary/aromatic N) is 2. The summed E-state index contributed by atoms with van der Waals surface area (Å²) in [6.07, 6.45) is 1.12. The van der Waals surface area contributed by atoms with Gasteiger partial charge in [-0.1, -0.05) is 65.8 Å². The van der Waals surface area contributed by atoms with Gasteiger partial charge in [0.15, 0.2) is 0 Å². The fourth-order valence-electron chi connectivity index (χ4n) is 2.33. The lowest BCUT2D eigenvalue weighted by molar-refractivity contribution is 0.506.